The van der Waals surface area contributed by atoms with Crippen LogP contribution in [0.15, 0.2) is 22.7 Å². The topological polar surface area (TPSA) is 38.0 Å². The van der Waals surface area contributed by atoms with Gasteiger partial charge in [-0.3, -0.25) is 0 Å². The van der Waals surface area contributed by atoms with Crippen LogP contribution in [-0.2, 0) is 6.54 Å². The van der Waals surface area contributed by atoms with Crippen molar-refractivity contribution in [1.29, 1.82) is 0 Å². The molecule has 3 N–H and O–H groups in total. The number of nitrogen functional groups attached to an aromatic ring is 1. The molecule has 0 aliphatic rings. The lowest BCUT2D eigenvalue weighted by Gasteiger charge is -2.08. The van der Waals surface area contributed by atoms with Crippen molar-refractivity contribution in [3.63, 3.8) is 0 Å². The van der Waals surface area contributed by atoms with E-state index in [9.17, 15) is 0 Å². The minimum Gasteiger partial charge on any atom is -0.398 e. The molecule has 0 amide bonds. The number of hydrogen-bond donors (Lipinski definition) is 2. The van der Waals surface area contributed by atoms with E-state index in [4.69, 9.17) is 5.73 Å². The molecular formula is C14H23BrN2. The summed E-state index contributed by atoms with van der Waals surface area (Å²) in [6, 6.07) is 6.06. The molecule has 0 fully saturated rings. The van der Waals surface area contributed by atoms with Gasteiger partial charge >= 0.3 is 0 Å². The Hall–Kier alpha value is -0.540. The molecule has 0 spiro atoms. The Kier molecular flexibility index (Phi) is 6.60. The monoisotopic (exact) mass is 298 g/mol. The smallest absolute Gasteiger partial charge is 0.0370 e. The van der Waals surface area contributed by atoms with Crippen molar-refractivity contribution in [3.05, 3.63) is 28.2 Å². The van der Waals surface area contributed by atoms with Crippen LogP contribution < -0.4 is 11.1 Å². The van der Waals surface area contributed by atoms with Gasteiger partial charge in [-0.1, -0.05) is 48.7 Å². The largest absolute Gasteiger partial charge is 0.398 e. The van der Waals surface area contributed by atoms with E-state index in [1.165, 1.54) is 24.8 Å². The second-order valence-corrected chi connectivity index (χ2v) is 5.83. The Morgan fingerprint density at radius 2 is 2.06 bits per heavy atom. The van der Waals surface area contributed by atoms with Crippen molar-refractivity contribution in [3.8, 4) is 0 Å². The van der Waals surface area contributed by atoms with E-state index in [1.54, 1.807) is 0 Å². The third-order valence-corrected chi connectivity index (χ3v) is 3.30. The number of halogens is 1. The Morgan fingerprint density at radius 1 is 1.29 bits per heavy atom. The zero-order valence-electron chi connectivity index (χ0n) is 10.8. The van der Waals surface area contributed by atoms with Gasteiger partial charge in [-0.05, 0) is 36.6 Å². The summed E-state index contributed by atoms with van der Waals surface area (Å²) < 4.78 is 1.04. The van der Waals surface area contributed by atoms with Crippen LogP contribution in [0.3, 0.4) is 0 Å². The van der Waals surface area contributed by atoms with Crippen molar-refractivity contribution >= 4 is 21.6 Å². The van der Waals surface area contributed by atoms with Crippen molar-refractivity contribution in [2.75, 3.05) is 12.3 Å². The predicted molar refractivity (Wildman–Crippen MR) is 79.0 cm³/mol. The van der Waals surface area contributed by atoms with Crippen LogP contribution >= 0.6 is 15.9 Å². The first-order valence-corrected chi connectivity index (χ1v) is 7.13. The van der Waals surface area contributed by atoms with Crippen molar-refractivity contribution in [1.82, 2.24) is 5.32 Å². The quantitative estimate of drug-likeness (QED) is 0.591. The lowest BCUT2D eigenvalue weighted by molar-refractivity contribution is 0.521. The van der Waals surface area contributed by atoms with E-state index in [2.05, 4.69) is 41.2 Å². The Morgan fingerprint density at radius 3 is 2.71 bits per heavy atom. The van der Waals surface area contributed by atoms with Gasteiger partial charge in [-0.25, -0.2) is 0 Å². The number of anilines is 1. The molecule has 0 radical (unpaired) electrons. The number of nitrogens with one attached hydrogen (secondary N) is 1. The second kappa shape index (κ2) is 7.72. The molecular weight excluding hydrogens is 276 g/mol. The molecule has 2 nitrogen and oxygen atoms in total. The summed E-state index contributed by atoms with van der Waals surface area (Å²) in [5.74, 6) is 0.817. The molecule has 0 bridgehead atoms. The molecule has 0 aromatic heterocycles. The number of hydrogen-bond acceptors (Lipinski definition) is 2. The highest BCUT2D eigenvalue weighted by Gasteiger charge is 1.99. The molecule has 3 heteroatoms. The highest BCUT2D eigenvalue weighted by molar-refractivity contribution is 9.10. The molecule has 17 heavy (non-hydrogen) atoms. The van der Waals surface area contributed by atoms with E-state index < -0.39 is 0 Å². The lowest BCUT2D eigenvalue weighted by Crippen LogP contribution is -2.15. The number of benzene rings is 1. The van der Waals surface area contributed by atoms with E-state index in [1.807, 2.05) is 12.1 Å². The van der Waals surface area contributed by atoms with Gasteiger partial charge in [0.25, 0.3) is 0 Å². The summed E-state index contributed by atoms with van der Waals surface area (Å²) in [5.41, 5.74) is 7.97. The third kappa shape index (κ3) is 6.08. The second-order valence-electron chi connectivity index (χ2n) is 4.91. The summed E-state index contributed by atoms with van der Waals surface area (Å²) in [7, 11) is 0. The SMILES string of the molecule is CC(C)CCCCNCc1ccc(Br)cc1N. The zero-order chi connectivity index (χ0) is 12.7. The van der Waals surface area contributed by atoms with E-state index in [-0.39, 0.29) is 0 Å². The van der Waals surface area contributed by atoms with E-state index >= 15 is 0 Å². The maximum atomic E-state index is 5.93. The molecule has 96 valence electrons. The van der Waals surface area contributed by atoms with Crippen molar-refractivity contribution in [2.45, 2.75) is 39.7 Å². The van der Waals surface area contributed by atoms with Crippen molar-refractivity contribution in [2.24, 2.45) is 5.92 Å². The molecule has 0 saturated heterocycles. The van der Waals surface area contributed by atoms with Gasteiger partial charge in [-0.2, -0.15) is 0 Å². The first-order valence-electron chi connectivity index (χ1n) is 6.34. The average molecular weight is 299 g/mol. The fourth-order valence-corrected chi connectivity index (χ4v) is 2.13. The van der Waals surface area contributed by atoms with Gasteiger partial charge in [0.2, 0.25) is 0 Å². The van der Waals surface area contributed by atoms with Gasteiger partial charge in [-0.15, -0.1) is 0 Å². The van der Waals surface area contributed by atoms with Crippen LogP contribution in [0.2, 0.25) is 0 Å². The minimum atomic E-state index is 0.817. The summed E-state index contributed by atoms with van der Waals surface area (Å²) in [6.45, 7) is 6.48. The number of nitrogens with two attached hydrogens (primary N) is 1. The first-order chi connectivity index (χ1) is 8.09. The first kappa shape index (κ1) is 14.5. The molecule has 1 rings (SSSR count). The molecule has 0 aliphatic carbocycles. The van der Waals surface area contributed by atoms with Gasteiger partial charge in [0.05, 0.1) is 0 Å². The molecule has 0 heterocycles. The van der Waals surface area contributed by atoms with E-state index in [0.717, 1.165) is 29.2 Å². The molecule has 0 unspecified atom stereocenters. The summed E-state index contributed by atoms with van der Waals surface area (Å²) in [6.07, 6.45) is 3.87. The summed E-state index contributed by atoms with van der Waals surface area (Å²) in [5, 5.41) is 3.44. The molecule has 0 aliphatic heterocycles. The predicted octanol–water partition coefficient (Wildman–Crippen LogP) is 3.95. The van der Waals surface area contributed by atoms with Crippen LogP contribution in [0.1, 0.15) is 38.7 Å². The Labute approximate surface area is 113 Å². The zero-order valence-corrected chi connectivity index (χ0v) is 12.4. The molecule has 0 saturated carbocycles. The number of unbranched alkanes of at least 4 members (excludes halogenated alkanes) is 1. The maximum absolute atomic E-state index is 5.93. The third-order valence-electron chi connectivity index (χ3n) is 2.81. The van der Waals surface area contributed by atoms with Crippen LogP contribution in [-0.4, -0.2) is 6.54 Å². The normalized spacial score (nSPS) is 11.1. The fourth-order valence-electron chi connectivity index (χ4n) is 1.75. The van der Waals surface area contributed by atoms with Gasteiger partial charge in [0, 0.05) is 16.7 Å². The molecule has 1 aromatic rings. The molecule has 0 atom stereocenters. The van der Waals surface area contributed by atoms with Gasteiger partial charge in [0.1, 0.15) is 0 Å². The van der Waals surface area contributed by atoms with Crippen molar-refractivity contribution < 1.29 is 0 Å². The van der Waals surface area contributed by atoms with Gasteiger partial charge in [0.15, 0.2) is 0 Å². The van der Waals surface area contributed by atoms with Crippen LogP contribution in [0, 0.1) is 5.92 Å². The van der Waals surface area contributed by atoms with Crippen LogP contribution in [0.5, 0.6) is 0 Å². The Balaban J connectivity index is 2.18. The molecule has 1 aromatic carbocycles. The number of rotatable bonds is 7. The average Bonchev–Trinajstić information content (AvgIpc) is 2.25. The van der Waals surface area contributed by atoms with Crippen LogP contribution in [0.4, 0.5) is 5.69 Å². The lowest BCUT2D eigenvalue weighted by atomic mass is 10.1. The Bertz CT molecular complexity index is 337. The van der Waals surface area contributed by atoms with Gasteiger partial charge < -0.3 is 11.1 Å². The highest BCUT2D eigenvalue weighted by Crippen LogP contribution is 2.18. The van der Waals surface area contributed by atoms with E-state index in [0.29, 0.717) is 0 Å². The standard InChI is InChI=1S/C14H23BrN2/c1-11(2)5-3-4-8-17-10-12-6-7-13(15)9-14(12)16/h6-7,9,11,17H,3-5,8,10,16H2,1-2H3. The highest BCUT2D eigenvalue weighted by atomic mass is 79.9. The fraction of sp³-hybridized carbons (Fsp3) is 0.571. The summed E-state index contributed by atoms with van der Waals surface area (Å²) in [4.78, 5) is 0. The van der Waals surface area contributed by atoms with Crippen LogP contribution in [0.25, 0.3) is 0 Å². The summed E-state index contributed by atoms with van der Waals surface area (Å²) >= 11 is 3.41. The minimum absolute atomic E-state index is 0.817. The maximum Gasteiger partial charge on any atom is 0.0370 e.